The predicted octanol–water partition coefficient (Wildman–Crippen LogP) is 2.03. The second-order valence-corrected chi connectivity index (χ2v) is 5.90. The van der Waals surface area contributed by atoms with Gasteiger partial charge in [-0.15, -0.1) is 0 Å². The molecule has 1 saturated heterocycles. The van der Waals surface area contributed by atoms with Crippen molar-refractivity contribution in [2.75, 3.05) is 24.2 Å². The number of rotatable bonds is 2. The summed E-state index contributed by atoms with van der Waals surface area (Å²) in [4.78, 5) is 10.6. The first kappa shape index (κ1) is 14.3. The third-order valence-electron chi connectivity index (χ3n) is 3.64. The Hall–Kier alpha value is -1.14. The second-order valence-electron chi connectivity index (χ2n) is 5.11. The number of anilines is 1. The molecule has 6 heteroatoms. The van der Waals surface area contributed by atoms with Gasteiger partial charge in [0.1, 0.15) is 12.1 Å². The molecule has 2 N–H and O–H groups in total. The summed E-state index contributed by atoms with van der Waals surface area (Å²) < 4.78 is 0. The summed E-state index contributed by atoms with van der Waals surface area (Å²) >= 11 is 1.45. The van der Waals surface area contributed by atoms with Crippen molar-refractivity contribution >= 4 is 22.7 Å². The van der Waals surface area contributed by atoms with E-state index >= 15 is 0 Å². The monoisotopic (exact) mass is 279 g/mol. The Balaban J connectivity index is 2.38. The van der Waals surface area contributed by atoms with Gasteiger partial charge in [-0.3, -0.25) is 10.3 Å². The molecule has 1 aromatic heterocycles. The summed E-state index contributed by atoms with van der Waals surface area (Å²) in [5.74, 6) is 0.830. The Bertz CT molecular complexity index is 456. The lowest BCUT2D eigenvalue weighted by Crippen LogP contribution is -2.54. The van der Waals surface area contributed by atoms with Crippen molar-refractivity contribution < 1.29 is 0 Å². The van der Waals surface area contributed by atoms with E-state index in [1.807, 2.05) is 19.2 Å². The number of amidine groups is 1. The van der Waals surface area contributed by atoms with E-state index < -0.39 is 0 Å². The maximum atomic E-state index is 8.27. The zero-order valence-corrected chi connectivity index (χ0v) is 12.5. The number of hydrogen-bond donors (Lipinski definition) is 2. The maximum absolute atomic E-state index is 8.27. The number of nitrogens with one attached hydrogen (secondary N) is 2. The highest BCUT2D eigenvalue weighted by molar-refractivity contribution is 8.13. The molecule has 0 spiro atoms. The average Bonchev–Trinajstić information content (AvgIpc) is 2.39. The van der Waals surface area contributed by atoms with Crippen LogP contribution < -0.4 is 10.2 Å². The average molecular weight is 279 g/mol. The molecule has 0 radical (unpaired) electrons. The highest BCUT2D eigenvalue weighted by atomic mass is 32.2. The molecule has 1 aliphatic rings. The Labute approximate surface area is 118 Å². The third-order valence-corrected chi connectivity index (χ3v) is 4.20. The van der Waals surface area contributed by atoms with Crippen molar-refractivity contribution in [1.29, 1.82) is 5.41 Å². The predicted molar refractivity (Wildman–Crippen MR) is 81.0 cm³/mol. The van der Waals surface area contributed by atoms with Gasteiger partial charge in [0.15, 0.2) is 5.17 Å². The molecule has 0 atom stereocenters. The van der Waals surface area contributed by atoms with E-state index in [9.17, 15) is 0 Å². The van der Waals surface area contributed by atoms with E-state index in [2.05, 4.69) is 27.1 Å². The molecule has 1 fully saturated rings. The molecule has 0 amide bonds. The van der Waals surface area contributed by atoms with Gasteiger partial charge < -0.3 is 5.32 Å². The van der Waals surface area contributed by atoms with Crippen LogP contribution in [0, 0.1) is 12.3 Å². The summed E-state index contributed by atoms with van der Waals surface area (Å²) in [5.41, 5.74) is 0.882. The van der Waals surface area contributed by atoms with Gasteiger partial charge in [-0.2, -0.15) is 0 Å². The normalized spacial score (nSPS) is 18.1. The molecule has 1 aromatic rings. The Morgan fingerprint density at radius 3 is 2.68 bits per heavy atom. The minimum atomic E-state index is -0.0495. The van der Waals surface area contributed by atoms with Crippen LogP contribution in [0.4, 0.5) is 5.82 Å². The fourth-order valence-corrected chi connectivity index (χ4v) is 2.97. The van der Waals surface area contributed by atoms with Gasteiger partial charge in [0, 0.05) is 17.3 Å². The van der Waals surface area contributed by atoms with Gasteiger partial charge >= 0.3 is 0 Å². The van der Waals surface area contributed by atoms with Crippen LogP contribution in [0.1, 0.15) is 25.5 Å². The molecule has 2 heterocycles. The van der Waals surface area contributed by atoms with Crippen LogP contribution in [0.2, 0.25) is 0 Å². The molecule has 0 unspecified atom stereocenters. The van der Waals surface area contributed by atoms with E-state index in [0.717, 1.165) is 37.4 Å². The zero-order valence-electron chi connectivity index (χ0n) is 11.7. The van der Waals surface area contributed by atoms with Crippen molar-refractivity contribution in [3.63, 3.8) is 0 Å². The fraction of sp³-hybridized carbons (Fsp3) is 0.615. The van der Waals surface area contributed by atoms with Crippen molar-refractivity contribution in [1.82, 2.24) is 15.3 Å². The summed E-state index contributed by atoms with van der Waals surface area (Å²) in [6, 6.07) is 1.96. The summed E-state index contributed by atoms with van der Waals surface area (Å²) in [7, 11) is 0. The third kappa shape index (κ3) is 3.06. The SMILES string of the molecule is CSC(=N)N(c1cc(C)ncn1)C1(C)CCNCC1. The lowest BCUT2D eigenvalue weighted by molar-refractivity contribution is 0.337. The molecule has 19 heavy (non-hydrogen) atoms. The zero-order chi connectivity index (χ0) is 13.9. The standard InChI is InChI=1S/C13H21N5S/c1-10-8-11(17-9-16-10)18(12(14)19-3)13(2)4-6-15-7-5-13/h8-9,14-15H,4-7H2,1-3H3. The highest BCUT2D eigenvalue weighted by Gasteiger charge is 2.36. The van der Waals surface area contributed by atoms with Gasteiger partial charge in [-0.05, 0) is 46.0 Å². The van der Waals surface area contributed by atoms with E-state index in [1.54, 1.807) is 6.33 Å². The highest BCUT2D eigenvalue weighted by Crippen LogP contribution is 2.32. The number of thioether (sulfide) groups is 1. The molecule has 0 bridgehead atoms. The van der Waals surface area contributed by atoms with Crippen LogP contribution in [-0.2, 0) is 0 Å². The lowest BCUT2D eigenvalue weighted by Gasteiger charge is -2.44. The minimum Gasteiger partial charge on any atom is -0.317 e. The molecule has 5 nitrogen and oxygen atoms in total. The number of aryl methyl sites for hydroxylation is 1. The molecular formula is C13H21N5S. The van der Waals surface area contributed by atoms with E-state index in [4.69, 9.17) is 5.41 Å². The van der Waals surface area contributed by atoms with Crippen LogP contribution in [0.15, 0.2) is 12.4 Å². The van der Waals surface area contributed by atoms with Crippen LogP contribution in [0.5, 0.6) is 0 Å². The fourth-order valence-electron chi connectivity index (χ4n) is 2.47. The number of aromatic nitrogens is 2. The van der Waals surface area contributed by atoms with Crippen LogP contribution >= 0.6 is 11.8 Å². The number of piperidine rings is 1. The first-order chi connectivity index (χ1) is 9.07. The van der Waals surface area contributed by atoms with Crippen molar-refractivity contribution in [3.05, 3.63) is 18.1 Å². The molecular weight excluding hydrogens is 258 g/mol. The van der Waals surface area contributed by atoms with E-state index in [1.165, 1.54) is 11.8 Å². The molecule has 0 aliphatic carbocycles. The van der Waals surface area contributed by atoms with Crippen LogP contribution in [0.3, 0.4) is 0 Å². The van der Waals surface area contributed by atoms with Crippen LogP contribution in [-0.4, -0.2) is 40.0 Å². The minimum absolute atomic E-state index is 0.0495. The quantitative estimate of drug-likeness (QED) is 0.640. The lowest BCUT2D eigenvalue weighted by atomic mass is 9.89. The number of nitrogens with zero attached hydrogens (tertiary/aromatic N) is 3. The van der Waals surface area contributed by atoms with Gasteiger partial charge in [-0.25, -0.2) is 9.97 Å². The second kappa shape index (κ2) is 5.88. The largest absolute Gasteiger partial charge is 0.317 e. The molecule has 0 saturated carbocycles. The van der Waals surface area contributed by atoms with E-state index in [0.29, 0.717) is 5.17 Å². The number of hydrogen-bond acceptors (Lipinski definition) is 5. The van der Waals surface area contributed by atoms with Gasteiger partial charge in [-0.1, -0.05) is 11.8 Å². The molecule has 2 rings (SSSR count). The molecule has 104 valence electrons. The molecule has 0 aromatic carbocycles. The summed E-state index contributed by atoms with van der Waals surface area (Å²) in [5, 5.41) is 12.2. The van der Waals surface area contributed by atoms with Crippen LogP contribution in [0.25, 0.3) is 0 Å². The summed E-state index contributed by atoms with van der Waals surface area (Å²) in [6.07, 6.45) is 5.54. The van der Waals surface area contributed by atoms with Crippen molar-refractivity contribution in [3.8, 4) is 0 Å². The summed E-state index contributed by atoms with van der Waals surface area (Å²) in [6.45, 7) is 6.14. The first-order valence-corrected chi connectivity index (χ1v) is 7.71. The van der Waals surface area contributed by atoms with Gasteiger partial charge in [0.25, 0.3) is 0 Å². The maximum Gasteiger partial charge on any atom is 0.162 e. The molecule has 1 aliphatic heterocycles. The smallest absolute Gasteiger partial charge is 0.162 e. The van der Waals surface area contributed by atoms with Crippen molar-refractivity contribution in [2.24, 2.45) is 0 Å². The van der Waals surface area contributed by atoms with Gasteiger partial charge in [0.2, 0.25) is 0 Å². The first-order valence-electron chi connectivity index (χ1n) is 6.49. The van der Waals surface area contributed by atoms with E-state index in [-0.39, 0.29) is 5.54 Å². The van der Waals surface area contributed by atoms with Gasteiger partial charge in [0.05, 0.1) is 0 Å². The Morgan fingerprint density at radius 2 is 2.11 bits per heavy atom. The Morgan fingerprint density at radius 1 is 1.42 bits per heavy atom. The Kier molecular flexibility index (Phi) is 4.42. The van der Waals surface area contributed by atoms with Crippen molar-refractivity contribution in [2.45, 2.75) is 32.2 Å². The topological polar surface area (TPSA) is 64.9 Å².